The van der Waals surface area contributed by atoms with E-state index in [1.807, 2.05) is 0 Å². The number of carbonyl (C=O) groups excluding carboxylic acids is 2. The van der Waals surface area contributed by atoms with Crippen LogP contribution in [0, 0.1) is 0 Å². The smallest absolute Gasteiger partial charge is 0.325 e. The molecule has 3 aromatic heterocycles. The summed E-state index contributed by atoms with van der Waals surface area (Å²) < 4.78 is 6.93. The van der Waals surface area contributed by atoms with Gasteiger partial charge in [-0.3, -0.25) is 19.4 Å². The molecule has 10 heteroatoms. The van der Waals surface area contributed by atoms with Crippen molar-refractivity contribution in [1.82, 2.24) is 24.6 Å². The number of rotatable bonds is 4. The number of amides is 3. The molecule has 1 aliphatic rings. The molecule has 1 N–H and O–H groups in total. The van der Waals surface area contributed by atoms with Crippen LogP contribution in [0.25, 0.3) is 11.5 Å². The average Bonchev–Trinajstić information content (AvgIpc) is 3.37. The fraction of sp³-hybridized carbons (Fsp3) is 0.235. The zero-order valence-corrected chi connectivity index (χ0v) is 14.8. The quantitative estimate of drug-likeness (QED) is 0.750. The van der Waals surface area contributed by atoms with E-state index in [0.717, 1.165) is 5.56 Å². The van der Waals surface area contributed by atoms with Gasteiger partial charge in [0.15, 0.2) is 11.5 Å². The van der Waals surface area contributed by atoms with Gasteiger partial charge in [0.1, 0.15) is 12.0 Å². The minimum atomic E-state index is -0.451. The van der Waals surface area contributed by atoms with Crippen LogP contribution in [0.4, 0.5) is 16.3 Å². The number of hydrogen-bond acceptors (Lipinski definition) is 6. The Labute approximate surface area is 154 Å². The van der Waals surface area contributed by atoms with Crippen molar-refractivity contribution in [3.63, 3.8) is 0 Å². The van der Waals surface area contributed by atoms with Crippen LogP contribution < -0.4 is 10.2 Å². The Hall–Kier alpha value is -3.69. The number of nitrogens with one attached hydrogen (secondary N) is 1. The Bertz CT molecular complexity index is 995. The summed E-state index contributed by atoms with van der Waals surface area (Å²) in [5.74, 6) is 0.275. The van der Waals surface area contributed by atoms with Gasteiger partial charge in [-0.15, -0.1) is 0 Å². The number of nitrogens with zero attached hydrogens (tertiary/aromatic N) is 6. The number of likely N-dealkylation sites (N-methyl/N-ethyl adjacent to an activating group) is 1. The molecule has 1 saturated heterocycles. The summed E-state index contributed by atoms with van der Waals surface area (Å²) in [6, 6.07) is 3.32. The van der Waals surface area contributed by atoms with Crippen molar-refractivity contribution >= 4 is 23.4 Å². The van der Waals surface area contributed by atoms with Crippen LogP contribution in [0.2, 0.25) is 0 Å². The second-order valence-corrected chi connectivity index (χ2v) is 6.12. The molecule has 27 heavy (non-hydrogen) atoms. The first-order chi connectivity index (χ1) is 13.0. The van der Waals surface area contributed by atoms with Gasteiger partial charge in [-0.1, -0.05) is 0 Å². The Morgan fingerprint density at radius 1 is 1.22 bits per heavy atom. The predicted molar refractivity (Wildman–Crippen MR) is 96.3 cm³/mol. The lowest BCUT2D eigenvalue weighted by atomic mass is 10.3. The number of hydrogen-bond donors (Lipinski definition) is 1. The van der Waals surface area contributed by atoms with E-state index in [1.54, 1.807) is 54.4 Å². The van der Waals surface area contributed by atoms with Crippen molar-refractivity contribution in [2.24, 2.45) is 7.05 Å². The molecule has 1 fully saturated rings. The van der Waals surface area contributed by atoms with Gasteiger partial charge in [-0.25, -0.2) is 9.78 Å². The highest BCUT2D eigenvalue weighted by Gasteiger charge is 2.31. The summed E-state index contributed by atoms with van der Waals surface area (Å²) >= 11 is 0. The highest BCUT2D eigenvalue weighted by molar-refractivity contribution is 6.06. The molecule has 0 spiro atoms. The summed E-state index contributed by atoms with van der Waals surface area (Å²) in [5, 5.41) is 7.06. The van der Waals surface area contributed by atoms with Crippen molar-refractivity contribution in [1.29, 1.82) is 0 Å². The van der Waals surface area contributed by atoms with E-state index in [0.29, 0.717) is 30.5 Å². The number of anilines is 2. The van der Waals surface area contributed by atoms with E-state index in [4.69, 9.17) is 4.42 Å². The van der Waals surface area contributed by atoms with Crippen molar-refractivity contribution in [3.8, 4) is 11.5 Å². The van der Waals surface area contributed by atoms with Gasteiger partial charge < -0.3 is 14.6 Å². The lowest BCUT2D eigenvalue weighted by molar-refractivity contribution is 0.102. The zero-order valence-electron chi connectivity index (χ0n) is 14.8. The Balaban J connectivity index is 1.56. The molecule has 0 unspecified atom stereocenters. The van der Waals surface area contributed by atoms with Crippen molar-refractivity contribution < 1.29 is 14.0 Å². The Morgan fingerprint density at radius 3 is 2.70 bits per heavy atom. The van der Waals surface area contributed by atoms with Gasteiger partial charge in [0.25, 0.3) is 5.91 Å². The molecule has 0 bridgehead atoms. The highest BCUT2D eigenvalue weighted by Crippen LogP contribution is 2.27. The van der Waals surface area contributed by atoms with E-state index >= 15 is 0 Å². The molecule has 4 rings (SSSR count). The minimum absolute atomic E-state index is 0.126. The number of aromatic nitrogens is 4. The van der Waals surface area contributed by atoms with Gasteiger partial charge in [0.05, 0.1) is 6.20 Å². The van der Waals surface area contributed by atoms with Gasteiger partial charge in [-0.2, -0.15) is 5.10 Å². The van der Waals surface area contributed by atoms with Crippen LogP contribution in [-0.2, 0) is 7.05 Å². The normalized spacial score (nSPS) is 14.1. The van der Waals surface area contributed by atoms with Crippen LogP contribution >= 0.6 is 0 Å². The van der Waals surface area contributed by atoms with Gasteiger partial charge in [0.2, 0.25) is 5.89 Å². The van der Waals surface area contributed by atoms with Gasteiger partial charge in [0, 0.05) is 45.1 Å². The molecule has 138 valence electrons. The number of oxazole rings is 1. The average molecular weight is 367 g/mol. The third-order valence-corrected chi connectivity index (χ3v) is 4.19. The van der Waals surface area contributed by atoms with Crippen LogP contribution in [0.3, 0.4) is 0 Å². The molecule has 0 aliphatic carbocycles. The van der Waals surface area contributed by atoms with E-state index in [-0.39, 0.29) is 11.7 Å². The maximum atomic E-state index is 12.6. The van der Waals surface area contributed by atoms with Crippen LogP contribution in [0.1, 0.15) is 10.5 Å². The van der Waals surface area contributed by atoms with Crippen molar-refractivity contribution in [2.45, 2.75) is 0 Å². The molecule has 3 amide bonds. The first kappa shape index (κ1) is 16.8. The van der Waals surface area contributed by atoms with E-state index in [9.17, 15) is 9.59 Å². The summed E-state index contributed by atoms with van der Waals surface area (Å²) in [4.78, 5) is 36.1. The number of carbonyl (C=O) groups is 2. The summed E-state index contributed by atoms with van der Waals surface area (Å²) in [5.41, 5.74) is 1.28. The zero-order chi connectivity index (χ0) is 19.0. The van der Waals surface area contributed by atoms with Crippen molar-refractivity contribution in [2.75, 3.05) is 30.4 Å². The second-order valence-electron chi connectivity index (χ2n) is 6.12. The Kier molecular flexibility index (Phi) is 4.07. The Morgan fingerprint density at radius 2 is 2.00 bits per heavy atom. The fourth-order valence-electron chi connectivity index (χ4n) is 2.80. The van der Waals surface area contributed by atoms with Gasteiger partial charge in [-0.05, 0) is 12.1 Å². The maximum Gasteiger partial charge on any atom is 0.325 e. The monoisotopic (exact) mass is 367 g/mol. The van der Waals surface area contributed by atoms with E-state index in [2.05, 4.69) is 20.4 Å². The molecular formula is C17H17N7O3. The largest absolute Gasteiger partial charge is 0.444 e. The molecule has 1 aliphatic heterocycles. The van der Waals surface area contributed by atoms with Crippen LogP contribution in [0.5, 0.6) is 0 Å². The summed E-state index contributed by atoms with van der Waals surface area (Å²) in [7, 11) is 3.45. The van der Waals surface area contributed by atoms with E-state index in [1.165, 1.54) is 11.2 Å². The molecule has 3 aromatic rings. The van der Waals surface area contributed by atoms with Crippen LogP contribution in [-0.4, -0.2) is 56.7 Å². The maximum absolute atomic E-state index is 12.6. The molecule has 0 aromatic carbocycles. The van der Waals surface area contributed by atoms with Crippen molar-refractivity contribution in [3.05, 3.63) is 42.7 Å². The topological polar surface area (TPSA) is 109 Å². The second kappa shape index (κ2) is 6.56. The lowest BCUT2D eigenvalue weighted by Gasteiger charge is -2.14. The van der Waals surface area contributed by atoms with Crippen LogP contribution in [0.15, 0.2) is 41.4 Å². The standard InChI is InChI=1S/C17H17N7O3/c1-22-7-8-24(17(22)26)14-12(9-23(2)21-14)19-15(25)13-10-27-16(20-13)11-3-5-18-6-4-11/h3-6,9-10H,7-8H2,1-2H3,(H,19,25). The SMILES string of the molecule is CN1CCN(c2nn(C)cc2NC(=O)c2coc(-c3ccncc3)n2)C1=O. The fourth-order valence-corrected chi connectivity index (χ4v) is 2.80. The predicted octanol–water partition coefficient (Wildman–Crippen LogP) is 1.59. The number of aryl methyl sites for hydroxylation is 1. The molecular weight excluding hydrogens is 350 g/mol. The first-order valence-electron chi connectivity index (χ1n) is 8.26. The third kappa shape index (κ3) is 3.12. The molecule has 0 saturated carbocycles. The molecule has 0 radical (unpaired) electrons. The summed E-state index contributed by atoms with van der Waals surface area (Å²) in [6.07, 6.45) is 6.16. The first-order valence-corrected chi connectivity index (χ1v) is 8.26. The molecule has 0 atom stereocenters. The lowest BCUT2D eigenvalue weighted by Crippen LogP contribution is -2.30. The number of pyridine rings is 1. The third-order valence-electron chi connectivity index (χ3n) is 4.19. The molecule has 10 nitrogen and oxygen atoms in total. The highest BCUT2D eigenvalue weighted by atomic mass is 16.3. The molecule has 4 heterocycles. The minimum Gasteiger partial charge on any atom is -0.444 e. The number of urea groups is 1. The van der Waals surface area contributed by atoms with E-state index < -0.39 is 5.91 Å². The van der Waals surface area contributed by atoms with Gasteiger partial charge >= 0.3 is 6.03 Å². The summed E-state index contributed by atoms with van der Waals surface area (Å²) in [6.45, 7) is 1.10.